The molecule has 0 spiro atoms. The Balaban J connectivity index is -0.0000000720. The minimum absolute atomic E-state index is 0. The molecule has 7 nitrogen and oxygen atoms in total. The van der Waals surface area contributed by atoms with E-state index in [4.69, 9.17) is 5.11 Å². The molecule has 0 atom stereocenters. The summed E-state index contributed by atoms with van der Waals surface area (Å²) in [7, 11) is 0. The second-order valence-electron chi connectivity index (χ2n) is 4.16. The fourth-order valence-corrected chi connectivity index (χ4v) is 1.78. The number of rotatable bonds is 6. The average molecular weight is 309 g/mol. The normalized spacial score (nSPS) is 9.33. The zero-order valence-electron chi connectivity index (χ0n) is 11.7. The quantitative estimate of drug-likeness (QED) is 0.453. The molecular weight excluding hydrogens is 278 g/mol. The SMILES string of the molecule is CC(C)C(CO)(NCCO)C(C)C.O.O.O.O.[Ti]. The molecule has 18 heavy (non-hydrogen) atoms. The van der Waals surface area contributed by atoms with Gasteiger partial charge in [0, 0.05) is 33.8 Å². The number of aliphatic hydroxyl groups is 2. The molecular formula is C10H31NO6Ti. The largest absolute Gasteiger partial charge is 0.412 e. The maximum Gasteiger partial charge on any atom is 0.0618 e. The third-order valence-corrected chi connectivity index (χ3v) is 2.89. The van der Waals surface area contributed by atoms with Gasteiger partial charge in [0.05, 0.1) is 13.2 Å². The summed E-state index contributed by atoms with van der Waals surface area (Å²) < 4.78 is 0. The molecule has 0 aliphatic heterocycles. The number of β-amino-alcohol motifs (C(OH)–C–C–N with tert-alkyl or cyclic N) is 1. The number of hydrogen-bond acceptors (Lipinski definition) is 3. The summed E-state index contributed by atoms with van der Waals surface area (Å²) >= 11 is 0. The summed E-state index contributed by atoms with van der Waals surface area (Å²) in [5.41, 5.74) is -0.261. The first-order valence-electron chi connectivity index (χ1n) is 4.98. The van der Waals surface area contributed by atoms with Crippen LogP contribution in [0, 0.1) is 11.8 Å². The molecule has 11 N–H and O–H groups in total. The molecule has 0 aromatic carbocycles. The first-order valence-corrected chi connectivity index (χ1v) is 4.98. The molecule has 0 unspecified atom stereocenters. The molecule has 0 fully saturated rings. The van der Waals surface area contributed by atoms with Gasteiger partial charge in [-0.2, -0.15) is 0 Å². The zero-order valence-corrected chi connectivity index (χ0v) is 13.2. The Morgan fingerprint density at radius 1 is 0.889 bits per heavy atom. The number of aliphatic hydroxyl groups excluding tert-OH is 2. The molecule has 8 heteroatoms. The van der Waals surface area contributed by atoms with Gasteiger partial charge in [-0.15, -0.1) is 0 Å². The van der Waals surface area contributed by atoms with Crippen LogP contribution in [0.5, 0.6) is 0 Å². The van der Waals surface area contributed by atoms with Crippen LogP contribution in [0.1, 0.15) is 27.7 Å². The molecule has 0 bridgehead atoms. The Kier molecular flexibility index (Phi) is 35.1. The fraction of sp³-hybridized carbons (Fsp3) is 1.00. The standard InChI is InChI=1S/C10H23NO2.4H2O.Ti/c1-8(2)10(7-13,9(3)4)11-5-6-12;;;;;/h8-9,11-13H,5-7H2,1-4H3;4*1H2;. The molecule has 0 saturated carbocycles. The van der Waals surface area contributed by atoms with Gasteiger partial charge in [-0.1, -0.05) is 27.7 Å². The minimum atomic E-state index is -0.261. The molecule has 0 saturated heterocycles. The van der Waals surface area contributed by atoms with Gasteiger partial charge in [-0.3, -0.25) is 0 Å². The smallest absolute Gasteiger partial charge is 0.0618 e. The van der Waals surface area contributed by atoms with Crippen molar-refractivity contribution in [3.05, 3.63) is 0 Å². The van der Waals surface area contributed by atoms with Crippen molar-refractivity contribution >= 4 is 0 Å². The van der Waals surface area contributed by atoms with Crippen molar-refractivity contribution in [1.82, 2.24) is 5.32 Å². The summed E-state index contributed by atoms with van der Waals surface area (Å²) in [4.78, 5) is 0. The van der Waals surface area contributed by atoms with Crippen molar-refractivity contribution in [2.24, 2.45) is 11.8 Å². The van der Waals surface area contributed by atoms with Crippen LogP contribution < -0.4 is 5.32 Å². The summed E-state index contributed by atoms with van der Waals surface area (Å²) in [5.74, 6) is 0.702. The second kappa shape index (κ2) is 17.4. The Morgan fingerprint density at radius 3 is 1.39 bits per heavy atom. The van der Waals surface area contributed by atoms with E-state index >= 15 is 0 Å². The molecule has 116 valence electrons. The Morgan fingerprint density at radius 2 is 1.22 bits per heavy atom. The van der Waals surface area contributed by atoms with Crippen molar-refractivity contribution < 1.29 is 53.8 Å². The third kappa shape index (κ3) is 9.38. The van der Waals surface area contributed by atoms with E-state index in [1.807, 2.05) is 0 Å². The van der Waals surface area contributed by atoms with Crippen LogP contribution in [0.2, 0.25) is 0 Å². The minimum Gasteiger partial charge on any atom is -0.412 e. The van der Waals surface area contributed by atoms with E-state index in [1.54, 1.807) is 0 Å². The van der Waals surface area contributed by atoms with E-state index in [-0.39, 0.29) is 62.4 Å². The van der Waals surface area contributed by atoms with Gasteiger partial charge in [-0.25, -0.2) is 0 Å². The summed E-state index contributed by atoms with van der Waals surface area (Å²) in [5, 5.41) is 21.4. The maximum atomic E-state index is 9.40. The Labute approximate surface area is 124 Å². The molecule has 0 radical (unpaired) electrons. The molecule has 0 amide bonds. The van der Waals surface area contributed by atoms with Crippen LogP contribution in [0.15, 0.2) is 0 Å². The van der Waals surface area contributed by atoms with Crippen LogP contribution in [0.3, 0.4) is 0 Å². The molecule has 0 aliphatic rings. The summed E-state index contributed by atoms with van der Waals surface area (Å²) in [6.45, 7) is 9.10. The number of nitrogens with one attached hydrogen (secondary N) is 1. The van der Waals surface area contributed by atoms with Gasteiger partial charge in [0.2, 0.25) is 0 Å². The second-order valence-corrected chi connectivity index (χ2v) is 4.16. The molecule has 0 aromatic rings. The van der Waals surface area contributed by atoms with Gasteiger partial charge in [0.1, 0.15) is 0 Å². The first-order chi connectivity index (χ1) is 6.01. The van der Waals surface area contributed by atoms with Gasteiger partial charge in [0.25, 0.3) is 0 Å². The van der Waals surface area contributed by atoms with Crippen LogP contribution in [0.25, 0.3) is 0 Å². The van der Waals surface area contributed by atoms with E-state index < -0.39 is 0 Å². The van der Waals surface area contributed by atoms with Gasteiger partial charge >= 0.3 is 0 Å². The van der Waals surface area contributed by atoms with Crippen molar-refractivity contribution in [3.63, 3.8) is 0 Å². The zero-order chi connectivity index (χ0) is 10.5. The monoisotopic (exact) mass is 309 g/mol. The fourth-order valence-electron chi connectivity index (χ4n) is 1.78. The van der Waals surface area contributed by atoms with Crippen molar-refractivity contribution in [1.29, 1.82) is 0 Å². The summed E-state index contributed by atoms with van der Waals surface area (Å²) in [6, 6.07) is 0. The Hall–Kier alpha value is 0.434. The van der Waals surface area contributed by atoms with Crippen LogP contribution in [-0.4, -0.2) is 57.4 Å². The first kappa shape index (κ1) is 36.2. The maximum absolute atomic E-state index is 9.40. The molecule has 0 heterocycles. The van der Waals surface area contributed by atoms with Crippen LogP contribution in [-0.2, 0) is 21.7 Å². The predicted octanol–water partition coefficient (Wildman–Crippen LogP) is -2.69. The average Bonchev–Trinajstić information content (AvgIpc) is 2.05. The van der Waals surface area contributed by atoms with E-state index in [2.05, 4.69) is 33.0 Å². The molecule has 0 aliphatic carbocycles. The van der Waals surface area contributed by atoms with Crippen molar-refractivity contribution in [2.45, 2.75) is 33.2 Å². The van der Waals surface area contributed by atoms with Crippen LogP contribution in [0.4, 0.5) is 0 Å². The predicted molar refractivity (Wildman–Crippen MR) is 69.0 cm³/mol. The van der Waals surface area contributed by atoms with E-state index in [0.717, 1.165) is 0 Å². The van der Waals surface area contributed by atoms with Crippen molar-refractivity contribution in [2.75, 3.05) is 19.8 Å². The number of hydrogen-bond donors (Lipinski definition) is 3. The molecule has 0 rings (SSSR count). The van der Waals surface area contributed by atoms with Gasteiger partial charge < -0.3 is 37.4 Å². The van der Waals surface area contributed by atoms with Crippen LogP contribution >= 0.6 is 0 Å². The van der Waals surface area contributed by atoms with E-state index in [1.165, 1.54) is 0 Å². The van der Waals surface area contributed by atoms with E-state index in [0.29, 0.717) is 18.4 Å². The van der Waals surface area contributed by atoms with Crippen molar-refractivity contribution in [3.8, 4) is 0 Å². The van der Waals surface area contributed by atoms with Gasteiger partial charge in [0.15, 0.2) is 0 Å². The Bertz CT molecular complexity index is 140. The summed E-state index contributed by atoms with van der Waals surface area (Å²) in [6.07, 6.45) is 0. The molecule has 0 aromatic heterocycles. The van der Waals surface area contributed by atoms with Gasteiger partial charge in [-0.05, 0) is 11.8 Å². The third-order valence-electron chi connectivity index (χ3n) is 2.89. The van der Waals surface area contributed by atoms with E-state index in [9.17, 15) is 5.11 Å². The topological polar surface area (TPSA) is 178 Å².